The summed E-state index contributed by atoms with van der Waals surface area (Å²) in [6, 6.07) is 27.0. The topological polar surface area (TPSA) is 70.5 Å². The molecule has 4 rings (SSSR count). The van der Waals surface area contributed by atoms with Crippen LogP contribution in [0.15, 0.2) is 78.9 Å². The van der Waals surface area contributed by atoms with Crippen LogP contribution in [0.2, 0.25) is 10.0 Å². The fraction of sp³-hybridized carbons (Fsp3) is 0.273. The number of nitrogens with two attached hydrogens (primary N) is 2. The predicted molar refractivity (Wildman–Crippen MR) is 164 cm³/mol. The molecular formula is C33H36Cl2N2O2. The number of ether oxygens (including phenoxy) is 2. The van der Waals surface area contributed by atoms with Crippen molar-refractivity contribution in [1.29, 1.82) is 0 Å². The molecule has 0 aliphatic heterocycles. The van der Waals surface area contributed by atoms with Gasteiger partial charge in [0, 0.05) is 5.92 Å². The molecule has 0 spiro atoms. The minimum Gasteiger partial charge on any atom is -0.490 e. The third-order valence-electron chi connectivity index (χ3n) is 6.88. The van der Waals surface area contributed by atoms with Crippen molar-refractivity contribution in [3.63, 3.8) is 0 Å². The highest BCUT2D eigenvalue weighted by Gasteiger charge is 2.15. The molecule has 0 saturated carbocycles. The second kappa shape index (κ2) is 13.9. The molecular weight excluding hydrogens is 527 g/mol. The van der Waals surface area contributed by atoms with E-state index in [2.05, 4.69) is 61.5 Å². The summed E-state index contributed by atoms with van der Waals surface area (Å²) in [7, 11) is 0. The predicted octanol–water partition coefficient (Wildman–Crippen LogP) is 7.52. The zero-order chi connectivity index (χ0) is 27.8. The Morgan fingerprint density at radius 3 is 2.15 bits per heavy atom. The van der Waals surface area contributed by atoms with Gasteiger partial charge in [0.2, 0.25) is 0 Å². The highest BCUT2D eigenvalue weighted by Crippen LogP contribution is 2.34. The van der Waals surface area contributed by atoms with Gasteiger partial charge in [-0.3, -0.25) is 0 Å². The second-order valence-corrected chi connectivity index (χ2v) is 10.6. The van der Waals surface area contributed by atoms with Crippen LogP contribution in [0.4, 0.5) is 0 Å². The summed E-state index contributed by atoms with van der Waals surface area (Å²) in [6.07, 6.45) is 1.72. The molecule has 0 aliphatic rings. The fourth-order valence-corrected chi connectivity index (χ4v) is 5.64. The third kappa shape index (κ3) is 7.55. The zero-order valence-corrected chi connectivity index (χ0v) is 24.1. The zero-order valence-electron chi connectivity index (χ0n) is 22.6. The summed E-state index contributed by atoms with van der Waals surface area (Å²) in [5, 5.41) is 1.00. The van der Waals surface area contributed by atoms with Crippen molar-refractivity contribution in [2.75, 3.05) is 26.3 Å². The Bertz CT molecular complexity index is 1370. The highest BCUT2D eigenvalue weighted by atomic mass is 35.5. The van der Waals surface area contributed by atoms with Crippen molar-refractivity contribution >= 4 is 23.2 Å². The molecule has 0 saturated heterocycles. The minimum absolute atomic E-state index is 0.225. The van der Waals surface area contributed by atoms with Gasteiger partial charge >= 0.3 is 0 Å². The Morgan fingerprint density at radius 2 is 1.49 bits per heavy atom. The maximum absolute atomic E-state index is 6.25. The number of halogens is 2. The molecule has 4 aromatic carbocycles. The van der Waals surface area contributed by atoms with Crippen LogP contribution >= 0.6 is 23.2 Å². The maximum Gasteiger partial charge on any atom is 0.156 e. The Kier molecular flexibility index (Phi) is 10.3. The smallest absolute Gasteiger partial charge is 0.156 e. The van der Waals surface area contributed by atoms with Crippen molar-refractivity contribution in [3.8, 4) is 22.6 Å². The van der Waals surface area contributed by atoms with Crippen molar-refractivity contribution in [1.82, 2.24) is 0 Å². The van der Waals surface area contributed by atoms with E-state index in [4.69, 9.17) is 44.1 Å². The molecule has 0 aromatic heterocycles. The van der Waals surface area contributed by atoms with Crippen molar-refractivity contribution in [2.24, 2.45) is 11.5 Å². The van der Waals surface area contributed by atoms with Crippen LogP contribution in [0, 0.1) is 13.8 Å². The summed E-state index contributed by atoms with van der Waals surface area (Å²) in [5.74, 6) is 1.49. The number of hydrogen-bond acceptors (Lipinski definition) is 4. The lowest BCUT2D eigenvalue weighted by Crippen LogP contribution is -2.16. The summed E-state index contributed by atoms with van der Waals surface area (Å²) in [4.78, 5) is 0. The van der Waals surface area contributed by atoms with E-state index in [1.165, 1.54) is 33.4 Å². The molecule has 204 valence electrons. The van der Waals surface area contributed by atoms with Gasteiger partial charge in [-0.15, -0.1) is 0 Å². The van der Waals surface area contributed by atoms with Crippen LogP contribution in [0.3, 0.4) is 0 Å². The lowest BCUT2D eigenvalue weighted by atomic mass is 9.87. The molecule has 6 heteroatoms. The first-order valence-corrected chi connectivity index (χ1v) is 14.0. The van der Waals surface area contributed by atoms with Crippen LogP contribution in [0.5, 0.6) is 11.5 Å². The first-order valence-electron chi connectivity index (χ1n) is 13.3. The molecule has 0 amide bonds. The van der Waals surface area contributed by atoms with Gasteiger partial charge in [0.15, 0.2) is 5.75 Å². The van der Waals surface area contributed by atoms with Crippen LogP contribution in [-0.4, -0.2) is 26.3 Å². The van der Waals surface area contributed by atoms with Gasteiger partial charge in [0.25, 0.3) is 0 Å². The molecule has 0 aliphatic carbocycles. The third-order valence-corrected chi connectivity index (χ3v) is 7.44. The Labute approximate surface area is 241 Å². The molecule has 0 bridgehead atoms. The van der Waals surface area contributed by atoms with E-state index < -0.39 is 0 Å². The van der Waals surface area contributed by atoms with E-state index in [0.29, 0.717) is 42.1 Å². The summed E-state index contributed by atoms with van der Waals surface area (Å²) < 4.78 is 11.6. The van der Waals surface area contributed by atoms with Gasteiger partial charge in [-0.25, -0.2) is 0 Å². The first-order chi connectivity index (χ1) is 18.9. The lowest BCUT2D eigenvalue weighted by Gasteiger charge is -2.20. The molecule has 1 unspecified atom stereocenters. The minimum atomic E-state index is 0.225. The molecule has 0 heterocycles. The summed E-state index contributed by atoms with van der Waals surface area (Å²) in [6.45, 7) is 6.04. The number of hydrogen-bond donors (Lipinski definition) is 2. The number of rotatable bonds is 12. The second-order valence-electron chi connectivity index (χ2n) is 9.80. The van der Waals surface area contributed by atoms with Gasteiger partial charge in [0.1, 0.15) is 19.0 Å². The van der Waals surface area contributed by atoms with E-state index in [1.807, 2.05) is 31.2 Å². The monoisotopic (exact) mass is 562 g/mol. The lowest BCUT2D eigenvalue weighted by molar-refractivity contribution is 0.217. The standard InChI is InChI=1S/C33H36Cl2N2O2/c1-22-17-31(34)33(32(35)18-22)39-16-15-38-28-10-7-24(8-11-28)20-27(21-37)29-12-9-26(19-23(29)2)30-6-4-3-5-25(30)13-14-36/h3-12,17-19,27H,13-16,20-21,36-37H2,1-2H3. The van der Waals surface area contributed by atoms with Crippen molar-refractivity contribution in [2.45, 2.75) is 32.6 Å². The van der Waals surface area contributed by atoms with Gasteiger partial charge in [0.05, 0.1) is 10.0 Å². The summed E-state index contributed by atoms with van der Waals surface area (Å²) in [5.41, 5.74) is 20.6. The molecule has 1 atom stereocenters. The SMILES string of the molecule is Cc1cc(Cl)c(OCCOc2ccc(CC(CN)c3ccc(-c4ccccc4CCN)cc3C)cc2)c(Cl)c1. The molecule has 4 N–H and O–H groups in total. The van der Waals surface area contributed by atoms with Gasteiger partial charge < -0.3 is 20.9 Å². The number of aryl methyl sites for hydroxylation is 2. The van der Waals surface area contributed by atoms with Crippen LogP contribution in [-0.2, 0) is 12.8 Å². The Balaban J connectivity index is 1.35. The highest BCUT2D eigenvalue weighted by molar-refractivity contribution is 6.37. The molecule has 0 radical (unpaired) electrons. The molecule has 39 heavy (non-hydrogen) atoms. The average Bonchev–Trinajstić information content (AvgIpc) is 2.92. The van der Waals surface area contributed by atoms with E-state index in [-0.39, 0.29) is 5.92 Å². The van der Waals surface area contributed by atoms with Gasteiger partial charge in [-0.05, 0) is 103 Å². The Hall–Kier alpha value is -3.02. The average molecular weight is 564 g/mol. The molecule has 0 fully saturated rings. The van der Waals surface area contributed by atoms with E-state index in [0.717, 1.165) is 24.2 Å². The summed E-state index contributed by atoms with van der Waals surface area (Å²) >= 11 is 12.5. The van der Waals surface area contributed by atoms with E-state index in [9.17, 15) is 0 Å². The van der Waals surface area contributed by atoms with Crippen molar-refractivity contribution < 1.29 is 9.47 Å². The first kappa shape index (κ1) is 29.0. The molecule has 4 nitrogen and oxygen atoms in total. The van der Waals surface area contributed by atoms with Crippen LogP contribution in [0.25, 0.3) is 11.1 Å². The quantitative estimate of drug-likeness (QED) is 0.175. The van der Waals surface area contributed by atoms with Crippen LogP contribution < -0.4 is 20.9 Å². The largest absolute Gasteiger partial charge is 0.490 e. The van der Waals surface area contributed by atoms with Crippen LogP contribution in [0.1, 0.15) is 33.7 Å². The van der Waals surface area contributed by atoms with Gasteiger partial charge in [-0.1, -0.05) is 77.8 Å². The van der Waals surface area contributed by atoms with Crippen molar-refractivity contribution in [3.05, 3.63) is 117 Å². The van der Waals surface area contributed by atoms with Gasteiger partial charge in [-0.2, -0.15) is 0 Å². The maximum atomic E-state index is 6.25. The Morgan fingerprint density at radius 1 is 0.795 bits per heavy atom. The van der Waals surface area contributed by atoms with E-state index in [1.54, 1.807) is 0 Å². The fourth-order valence-electron chi connectivity index (χ4n) is 4.93. The normalized spacial score (nSPS) is 11.8. The number of benzene rings is 4. The molecule has 4 aromatic rings. The van der Waals surface area contributed by atoms with E-state index >= 15 is 0 Å².